The van der Waals surface area contributed by atoms with Crippen LogP contribution in [0.4, 0.5) is 0 Å². The van der Waals surface area contributed by atoms with Crippen molar-refractivity contribution < 1.29 is 4.42 Å². The number of rotatable bonds is 0. The third-order valence-electron chi connectivity index (χ3n) is 0.931. The Morgan fingerprint density at radius 2 is 2.38 bits per heavy atom. The SMILES string of the molecule is Cc1coccc1=S. The summed E-state index contributed by atoms with van der Waals surface area (Å²) in [6.45, 7) is 1.92. The highest BCUT2D eigenvalue weighted by Gasteiger charge is 1.81. The molecule has 0 aliphatic carbocycles. The van der Waals surface area contributed by atoms with E-state index in [-0.39, 0.29) is 0 Å². The van der Waals surface area contributed by atoms with Gasteiger partial charge in [-0.05, 0) is 13.0 Å². The minimum absolute atomic E-state index is 0.858. The van der Waals surface area contributed by atoms with E-state index in [1.165, 1.54) is 0 Å². The van der Waals surface area contributed by atoms with Crippen molar-refractivity contribution in [2.75, 3.05) is 0 Å². The molecule has 0 unspecified atom stereocenters. The number of hydrogen-bond donors (Lipinski definition) is 0. The van der Waals surface area contributed by atoms with Gasteiger partial charge in [0.1, 0.15) is 0 Å². The second kappa shape index (κ2) is 2.09. The zero-order chi connectivity index (χ0) is 5.98. The van der Waals surface area contributed by atoms with Crippen molar-refractivity contribution in [3.63, 3.8) is 0 Å². The summed E-state index contributed by atoms with van der Waals surface area (Å²) in [7, 11) is 0. The lowest BCUT2D eigenvalue weighted by Gasteiger charge is -1.85. The van der Waals surface area contributed by atoms with Gasteiger partial charge in [0.15, 0.2) is 0 Å². The highest BCUT2D eigenvalue weighted by atomic mass is 32.1. The summed E-state index contributed by atoms with van der Waals surface area (Å²) < 4.78 is 5.68. The molecule has 0 aliphatic rings. The molecule has 1 aromatic heterocycles. The first-order chi connectivity index (χ1) is 3.80. The van der Waals surface area contributed by atoms with E-state index in [0.29, 0.717) is 0 Å². The first-order valence-electron chi connectivity index (χ1n) is 2.34. The summed E-state index contributed by atoms with van der Waals surface area (Å²) >= 11 is 4.89. The van der Waals surface area contributed by atoms with E-state index in [2.05, 4.69) is 0 Å². The van der Waals surface area contributed by atoms with Gasteiger partial charge in [-0.3, -0.25) is 0 Å². The van der Waals surface area contributed by atoms with Gasteiger partial charge in [0.25, 0.3) is 0 Å². The van der Waals surface area contributed by atoms with E-state index in [1.54, 1.807) is 18.6 Å². The first-order valence-corrected chi connectivity index (χ1v) is 2.74. The van der Waals surface area contributed by atoms with Gasteiger partial charge < -0.3 is 4.42 Å². The minimum Gasteiger partial charge on any atom is -0.472 e. The Labute approximate surface area is 53.0 Å². The third kappa shape index (κ3) is 0.954. The fourth-order valence-electron chi connectivity index (χ4n) is 0.432. The molecule has 1 nitrogen and oxygen atoms in total. The highest BCUT2D eigenvalue weighted by molar-refractivity contribution is 7.71. The predicted octanol–water partition coefficient (Wildman–Crippen LogP) is 2.32. The molecule has 0 saturated carbocycles. The number of hydrogen-bond acceptors (Lipinski definition) is 2. The van der Waals surface area contributed by atoms with Crippen LogP contribution < -0.4 is 0 Å². The van der Waals surface area contributed by atoms with Gasteiger partial charge >= 0.3 is 0 Å². The summed E-state index contributed by atoms with van der Waals surface area (Å²) in [5, 5.41) is 0. The third-order valence-corrected chi connectivity index (χ3v) is 1.39. The van der Waals surface area contributed by atoms with E-state index >= 15 is 0 Å². The molecule has 0 fully saturated rings. The maximum Gasteiger partial charge on any atom is 0.0944 e. The molecule has 0 radical (unpaired) electrons. The van der Waals surface area contributed by atoms with Gasteiger partial charge in [-0.15, -0.1) is 0 Å². The zero-order valence-electron chi connectivity index (χ0n) is 4.55. The standard InChI is InChI=1S/C6H6OS/c1-5-4-7-3-2-6(5)8/h2-4H,1H3. The molecular formula is C6H6OS. The molecule has 0 N–H and O–H groups in total. The molecule has 0 atom stereocenters. The van der Waals surface area contributed by atoms with E-state index in [1.807, 2.05) is 6.92 Å². The molecule has 8 heavy (non-hydrogen) atoms. The molecule has 42 valence electrons. The van der Waals surface area contributed by atoms with Crippen LogP contribution in [0.5, 0.6) is 0 Å². The molecule has 0 aromatic carbocycles. The van der Waals surface area contributed by atoms with Crippen LogP contribution in [0.15, 0.2) is 23.0 Å². The lowest BCUT2D eigenvalue weighted by Crippen LogP contribution is -1.68. The highest BCUT2D eigenvalue weighted by Crippen LogP contribution is 1.97. The van der Waals surface area contributed by atoms with Crippen LogP contribution in [0.2, 0.25) is 0 Å². The Kier molecular flexibility index (Phi) is 1.44. The topological polar surface area (TPSA) is 13.1 Å². The van der Waals surface area contributed by atoms with Crippen LogP contribution >= 0.6 is 12.2 Å². The van der Waals surface area contributed by atoms with Crippen molar-refractivity contribution in [2.45, 2.75) is 6.92 Å². The Bertz CT molecular complexity index is 226. The maximum absolute atomic E-state index is 4.89. The van der Waals surface area contributed by atoms with E-state index < -0.39 is 0 Å². The molecular weight excluding hydrogens is 120 g/mol. The first kappa shape index (κ1) is 5.51. The van der Waals surface area contributed by atoms with Crippen molar-refractivity contribution in [3.05, 3.63) is 28.7 Å². The summed E-state index contributed by atoms with van der Waals surface area (Å²) in [4.78, 5) is 0. The fraction of sp³-hybridized carbons (Fsp3) is 0.167. The number of aryl methyl sites for hydroxylation is 1. The molecule has 0 amide bonds. The largest absolute Gasteiger partial charge is 0.472 e. The van der Waals surface area contributed by atoms with Gasteiger partial charge in [0, 0.05) is 10.1 Å². The van der Waals surface area contributed by atoms with Crippen LogP contribution in [-0.4, -0.2) is 0 Å². The van der Waals surface area contributed by atoms with Gasteiger partial charge in [0.05, 0.1) is 12.5 Å². The van der Waals surface area contributed by atoms with Crippen LogP contribution in [0.1, 0.15) is 5.56 Å². The van der Waals surface area contributed by atoms with Crippen LogP contribution in [0, 0.1) is 11.4 Å². The van der Waals surface area contributed by atoms with Crippen LogP contribution in [-0.2, 0) is 0 Å². The van der Waals surface area contributed by atoms with Crippen LogP contribution in [0.25, 0.3) is 0 Å². The minimum atomic E-state index is 0.858. The summed E-state index contributed by atoms with van der Waals surface area (Å²) in [6.07, 6.45) is 3.22. The monoisotopic (exact) mass is 126 g/mol. The van der Waals surface area contributed by atoms with E-state index in [9.17, 15) is 0 Å². The van der Waals surface area contributed by atoms with Crippen molar-refractivity contribution in [1.29, 1.82) is 0 Å². The normalized spacial score (nSPS) is 9.12. The van der Waals surface area contributed by atoms with Gasteiger partial charge in [-0.25, -0.2) is 0 Å². The Balaban J connectivity index is 3.35. The van der Waals surface area contributed by atoms with Gasteiger partial charge in [-0.1, -0.05) is 12.2 Å². The quantitative estimate of drug-likeness (QED) is 0.495. The molecule has 0 spiro atoms. The lowest BCUT2D eigenvalue weighted by molar-refractivity contribution is 0.545. The average molecular weight is 126 g/mol. The summed E-state index contributed by atoms with van der Waals surface area (Å²) in [5.41, 5.74) is 1.02. The van der Waals surface area contributed by atoms with Crippen molar-refractivity contribution >= 4 is 12.2 Å². The Hall–Kier alpha value is -0.630. The molecule has 1 heterocycles. The molecule has 0 aliphatic heterocycles. The van der Waals surface area contributed by atoms with E-state index in [4.69, 9.17) is 16.6 Å². The average Bonchev–Trinajstić information content (AvgIpc) is 1.77. The second-order valence-electron chi connectivity index (χ2n) is 1.60. The van der Waals surface area contributed by atoms with Crippen molar-refractivity contribution in [1.82, 2.24) is 0 Å². The molecule has 0 bridgehead atoms. The maximum atomic E-state index is 4.89. The molecule has 0 saturated heterocycles. The zero-order valence-corrected chi connectivity index (χ0v) is 5.37. The fourth-order valence-corrected chi connectivity index (χ4v) is 0.536. The Morgan fingerprint density at radius 3 is 2.75 bits per heavy atom. The predicted molar refractivity (Wildman–Crippen MR) is 34.3 cm³/mol. The lowest BCUT2D eigenvalue weighted by atomic mass is 10.3. The molecule has 1 rings (SSSR count). The van der Waals surface area contributed by atoms with Gasteiger partial charge in [0.2, 0.25) is 0 Å². The summed E-state index contributed by atoms with van der Waals surface area (Å²) in [6, 6.07) is 1.77. The van der Waals surface area contributed by atoms with Crippen LogP contribution in [0.3, 0.4) is 0 Å². The molecule has 1 aromatic rings. The second-order valence-corrected chi connectivity index (χ2v) is 2.04. The van der Waals surface area contributed by atoms with E-state index in [0.717, 1.165) is 10.1 Å². The Morgan fingerprint density at radius 1 is 1.62 bits per heavy atom. The molecule has 2 heteroatoms. The summed E-state index contributed by atoms with van der Waals surface area (Å²) in [5.74, 6) is 0. The van der Waals surface area contributed by atoms with Crippen molar-refractivity contribution in [2.24, 2.45) is 0 Å². The van der Waals surface area contributed by atoms with Gasteiger partial charge in [-0.2, -0.15) is 0 Å². The van der Waals surface area contributed by atoms with Crippen molar-refractivity contribution in [3.8, 4) is 0 Å². The smallest absolute Gasteiger partial charge is 0.0944 e.